The molecule has 6 rings (SSSR count). The van der Waals surface area contributed by atoms with E-state index in [9.17, 15) is 18.3 Å². The number of benzene rings is 4. The number of amides is 1. The minimum Gasteiger partial charge on any atom is -0.389 e. The van der Waals surface area contributed by atoms with Gasteiger partial charge in [-0.2, -0.15) is 0 Å². The van der Waals surface area contributed by atoms with Gasteiger partial charge in [0.2, 0.25) is 0 Å². The van der Waals surface area contributed by atoms with Gasteiger partial charge in [0.1, 0.15) is 0 Å². The summed E-state index contributed by atoms with van der Waals surface area (Å²) in [5.41, 5.74) is 3.56. The quantitative estimate of drug-likeness (QED) is 0.283. The maximum absolute atomic E-state index is 14.1. The molecule has 0 aliphatic carbocycles. The van der Waals surface area contributed by atoms with Gasteiger partial charge in [-0.05, 0) is 49.4 Å². The van der Waals surface area contributed by atoms with E-state index in [0.717, 1.165) is 27.4 Å². The molecule has 0 bridgehead atoms. The molecule has 1 aliphatic rings. The minimum absolute atomic E-state index is 0.113. The van der Waals surface area contributed by atoms with Crippen LogP contribution in [-0.4, -0.2) is 67.9 Å². The summed E-state index contributed by atoms with van der Waals surface area (Å²) < 4.78 is 36.8. The second kappa shape index (κ2) is 11.6. The van der Waals surface area contributed by atoms with Crippen LogP contribution in [0, 0.1) is 6.92 Å². The van der Waals surface area contributed by atoms with Gasteiger partial charge in [-0.3, -0.25) is 9.10 Å². The molecule has 1 saturated heterocycles. The average molecular weight is 584 g/mol. The summed E-state index contributed by atoms with van der Waals surface area (Å²) in [6.45, 7) is 3.76. The largest absolute Gasteiger partial charge is 0.389 e. The van der Waals surface area contributed by atoms with E-state index >= 15 is 0 Å². The molecule has 1 atom stereocenters. The molecule has 42 heavy (non-hydrogen) atoms. The molecule has 0 radical (unpaired) electrons. The summed E-state index contributed by atoms with van der Waals surface area (Å²) in [6.07, 6.45) is -1.05. The van der Waals surface area contributed by atoms with Gasteiger partial charge in [-0.1, -0.05) is 60.2 Å². The van der Waals surface area contributed by atoms with Crippen LogP contribution < -0.4 is 4.31 Å². The SMILES string of the molecule is Cc1ccc(S(=O)(=O)N(C[C@@H](O)Cn2c3ccccc3c3ccccc32)c2cccc(C(=O)N3CCOCC3)c2)cc1. The smallest absolute Gasteiger partial charge is 0.264 e. The van der Waals surface area contributed by atoms with E-state index in [-0.39, 0.29) is 23.9 Å². The van der Waals surface area contributed by atoms with Crippen molar-refractivity contribution >= 4 is 43.4 Å². The highest BCUT2D eigenvalue weighted by Crippen LogP contribution is 2.30. The molecule has 0 spiro atoms. The fourth-order valence-corrected chi connectivity index (χ4v) is 7.08. The lowest BCUT2D eigenvalue weighted by Gasteiger charge is -2.29. The first kappa shape index (κ1) is 28.0. The van der Waals surface area contributed by atoms with Crippen LogP contribution >= 0.6 is 0 Å². The zero-order valence-corrected chi connectivity index (χ0v) is 24.2. The second-order valence-electron chi connectivity index (χ2n) is 10.6. The fraction of sp³-hybridized carbons (Fsp3) is 0.242. The predicted molar refractivity (Wildman–Crippen MR) is 164 cm³/mol. The standard InChI is InChI=1S/C33H33N3O5S/c1-24-13-15-28(16-14-24)42(39,40)36(26-8-6-7-25(21-26)33(38)34-17-19-41-20-18-34)23-27(37)22-35-31-11-4-2-9-29(31)30-10-3-5-12-32(30)35/h2-16,21,27,37H,17-20,22-23H2,1H3/t27-/m0/s1. The van der Waals surface area contributed by atoms with E-state index in [1.807, 2.05) is 60.0 Å². The Kier molecular flexibility index (Phi) is 7.72. The number of aliphatic hydroxyl groups is 1. The Morgan fingerprint density at radius 3 is 2.14 bits per heavy atom. The number of ether oxygens (including phenoxy) is 1. The third kappa shape index (κ3) is 5.38. The summed E-state index contributed by atoms with van der Waals surface area (Å²) in [6, 6.07) is 29.2. The van der Waals surface area contributed by atoms with Gasteiger partial charge in [0, 0.05) is 40.5 Å². The number of carbonyl (C=O) groups excluding carboxylic acids is 1. The highest BCUT2D eigenvalue weighted by atomic mass is 32.2. The molecular weight excluding hydrogens is 550 g/mol. The molecule has 5 aromatic rings. The molecule has 9 heteroatoms. The van der Waals surface area contributed by atoms with Crippen LogP contribution in [0.25, 0.3) is 21.8 Å². The molecular formula is C33H33N3O5S. The number of hydrogen-bond acceptors (Lipinski definition) is 5. The molecule has 8 nitrogen and oxygen atoms in total. The predicted octanol–water partition coefficient (Wildman–Crippen LogP) is 4.83. The Bertz CT molecular complexity index is 1790. The Balaban J connectivity index is 1.37. The molecule has 2 heterocycles. The number of sulfonamides is 1. The van der Waals surface area contributed by atoms with Crippen molar-refractivity contribution in [1.29, 1.82) is 0 Å². The molecule has 0 saturated carbocycles. The number of carbonyl (C=O) groups is 1. The number of rotatable bonds is 8. The summed E-state index contributed by atoms with van der Waals surface area (Å²) in [7, 11) is -4.08. The third-order valence-electron chi connectivity index (χ3n) is 7.74. The lowest BCUT2D eigenvalue weighted by molar-refractivity contribution is 0.0303. The van der Waals surface area contributed by atoms with E-state index in [1.54, 1.807) is 53.4 Å². The van der Waals surface area contributed by atoms with E-state index in [2.05, 4.69) is 0 Å². The summed E-state index contributed by atoms with van der Waals surface area (Å²) >= 11 is 0. The highest BCUT2D eigenvalue weighted by Gasteiger charge is 2.29. The van der Waals surface area contributed by atoms with Crippen molar-refractivity contribution < 1.29 is 23.1 Å². The number of para-hydroxylation sites is 2. The van der Waals surface area contributed by atoms with Crippen LogP contribution in [0.15, 0.2) is 102 Å². The normalized spacial score (nSPS) is 14.8. The van der Waals surface area contributed by atoms with Gasteiger partial charge >= 0.3 is 0 Å². The number of aryl methyl sites for hydroxylation is 1. The van der Waals surface area contributed by atoms with Gasteiger partial charge in [0.25, 0.3) is 15.9 Å². The number of nitrogens with zero attached hydrogens (tertiary/aromatic N) is 3. The number of hydrogen-bond donors (Lipinski definition) is 1. The zero-order chi connectivity index (χ0) is 29.3. The van der Waals surface area contributed by atoms with Gasteiger partial charge in [0.15, 0.2) is 0 Å². The first-order chi connectivity index (χ1) is 20.3. The first-order valence-corrected chi connectivity index (χ1v) is 15.5. The maximum Gasteiger partial charge on any atom is 0.264 e. The van der Waals surface area contributed by atoms with Crippen LogP contribution in [0.5, 0.6) is 0 Å². The highest BCUT2D eigenvalue weighted by molar-refractivity contribution is 7.92. The van der Waals surface area contributed by atoms with Crippen molar-refractivity contribution in [2.75, 3.05) is 37.2 Å². The summed E-state index contributed by atoms with van der Waals surface area (Å²) in [4.78, 5) is 15.1. The number of morpholine rings is 1. The molecule has 1 N–H and O–H groups in total. The Morgan fingerprint density at radius 2 is 1.50 bits per heavy atom. The molecule has 1 aromatic heterocycles. The van der Waals surface area contributed by atoms with Gasteiger partial charge in [-0.15, -0.1) is 0 Å². The maximum atomic E-state index is 14.1. The number of aromatic nitrogens is 1. The van der Waals surface area contributed by atoms with Crippen molar-refractivity contribution in [2.45, 2.75) is 24.5 Å². The van der Waals surface area contributed by atoms with Crippen molar-refractivity contribution in [3.63, 3.8) is 0 Å². The lowest BCUT2D eigenvalue weighted by atomic mass is 10.1. The fourth-order valence-electron chi connectivity index (χ4n) is 5.58. The molecule has 216 valence electrons. The first-order valence-electron chi connectivity index (χ1n) is 14.0. The number of aliphatic hydroxyl groups excluding tert-OH is 1. The molecule has 4 aromatic carbocycles. The van der Waals surface area contributed by atoms with Crippen LogP contribution in [0.3, 0.4) is 0 Å². The Morgan fingerprint density at radius 1 is 0.881 bits per heavy atom. The average Bonchev–Trinajstić information content (AvgIpc) is 3.33. The van der Waals surface area contributed by atoms with Crippen molar-refractivity contribution in [2.24, 2.45) is 0 Å². The summed E-state index contributed by atoms with van der Waals surface area (Å²) in [5, 5.41) is 13.6. The van der Waals surface area contributed by atoms with E-state index in [4.69, 9.17) is 4.74 Å². The van der Waals surface area contributed by atoms with Crippen LogP contribution in [0.2, 0.25) is 0 Å². The van der Waals surface area contributed by atoms with Crippen molar-refractivity contribution in [3.05, 3.63) is 108 Å². The van der Waals surface area contributed by atoms with Gasteiger partial charge < -0.3 is 19.3 Å². The van der Waals surface area contributed by atoms with Crippen LogP contribution in [-0.2, 0) is 21.3 Å². The van der Waals surface area contributed by atoms with Crippen LogP contribution in [0.1, 0.15) is 15.9 Å². The van der Waals surface area contributed by atoms with Gasteiger partial charge in [-0.25, -0.2) is 8.42 Å². The van der Waals surface area contributed by atoms with Gasteiger partial charge in [0.05, 0.1) is 43.0 Å². The Labute approximate surface area is 245 Å². The molecule has 1 amide bonds. The number of fused-ring (bicyclic) bond motifs is 3. The molecule has 0 unspecified atom stereocenters. The van der Waals surface area contributed by atoms with E-state index in [1.165, 1.54) is 4.31 Å². The zero-order valence-electron chi connectivity index (χ0n) is 23.4. The van der Waals surface area contributed by atoms with E-state index in [0.29, 0.717) is 37.6 Å². The van der Waals surface area contributed by atoms with Crippen molar-refractivity contribution in [3.8, 4) is 0 Å². The topological polar surface area (TPSA) is 92.1 Å². The van der Waals surface area contributed by atoms with E-state index < -0.39 is 16.1 Å². The lowest BCUT2D eigenvalue weighted by Crippen LogP contribution is -2.41. The number of anilines is 1. The Hall–Kier alpha value is -4.18. The molecule has 1 fully saturated rings. The third-order valence-corrected chi connectivity index (χ3v) is 9.55. The summed E-state index contributed by atoms with van der Waals surface area (Å²) in [5.74, 6) is -0.182. The van der Waals surface area contributed by atoms with Crippen molar-refractivity contribution in [1.82, 2.24) is 9.47 Å². The van der Waals surface area contributed by atoms with Crippen LogP contribution in [0.4, 0.5) is 5.69 Å². The minimum atomic E-state index is -4.08. The monoisotopic (exact) mass is 583 g/mol. The second-order valence-corrected chi connectivity index (χ2v) is 12.5. The molecule has 1 aliphatic heterocycles.